The highest BCUT2D eigenvalue weighted by atomic mass is 32.2. The molecule has 1 amide bonds. The largest absolute Gasteiger partial charge is 0.340 e. The monoisotopic (exact) mass is 365 g/mol. The van der Waals surface area contributed by atoms with Crippen molar-refractivity contribution in [2.24, 2.45) is 4.99 Å². The fourth-order valence-corrected chi connectivity index (χ4v) is 4.36. The first kappa shape index (κ1) is 18.5. The summed E-state index contributed by atoms with van der Waals surface area (Å²) in [6.07, 6.45) is 11.4. The van der Waals surface area contributed by atoms with Gasteiger partial charge in [0.2, 0.25) is 5.91 Å². The molecule has 1 aliphatic carbocycles. The number of carbonyl (C=O) groups is 1. The minimum atomic E-state index is -0.141. The number of fused-ring (bicyclic) bond motifs is 1. The van der Waals surface area contributed by atoms with Crippen LogP contribution in [0.4, 0.5) is 0 Å². The molecule has 0 aromatic rings. The second kappa shape index (κ2) is 8.38. The average molecular weight is 365 g/mol. The van der Waals surface area contributed by atoms with Crippen molar-refractivity contribution in [1.82, 2.24) is 9.80 Å². The average Bonchev–Trinajstić information content (AvgIpc) is 3.12. The summed E-state index contributed by atoms with van der Waals surface area (Å²) < 4.78 is 5.03. The molecule has 138 valence electrons. The molecule has 6 nitrogen and oxygen atoms in total. The molecular weight excluding hydrogens is 338 g/mol. The van der Waals surface area contributed by atoms with E-state index in [1.54, 1.807) is 4.90 Å². The van der Waals surface area contributed by atoms with Crippen LogP contribution < -0.4 is 0 Å². The number of allylic oxidation sites excluding steroid dienone is 2. The number of aliphatic imine (C=N–C) groups is 1. The van der Waals surface area contributed by atoms with Crippen LogP contribution in [0.1, 0.15) is 51.9 Å². The predicted octanol–water partition coefficient (Wildman–Crippen LogP) is 3.63. The smallest absolute Gasteiger partial charge is 0.249 e. The molecule has 0 N–H and O–H groups in total. The van der Waals surface area contributed by atoms with E-state index in [1.807, 2.05) is 7.05 Å². The van der Waals surface area contributed by atoms with E-state index in [0.29, 0.717) is 6.04 Å². The first-order chi connectivity index (χ1) is 12.2. The molecule has 0 bridgehead atoms. The highest BCUT2D eigenvalue weighted by Gasteiger charge is 2.42. The lowest BCUT2D eigenvalue weighted by Crippen LogP contribution is -2.60. The Morgan fingerprint density at radius 1 is 1.28 bits per heavy atom. The number of nitrogens with zero attached hydrogens (tertiary/aromatic N) is 3. The Bertz CT molecular complexity index is 596. The summed E-state index contributed by atoms with van der Waals surface area (Å²) in [6.45, 7) is 2.08. The van der Waals surface area contributed by atoms with Crippen LogP contribution in [-0.2, 0) is 14.0 Å². The summed E-state index contributed by atoms with van der Waals surface area (Å²) in [5.41, 5.74) is 0.921. The SMILES string of the molecule is CCC1C(=O)N(C)C2=CCCC=C(SOOC)N=C2N1C1CCCC1. The van der Waals surface area contributed by atoms with Crippen LogP contribution in [0.3, 0.4) is 0 Å². The Kier molecular flexibility index (Phi) is 6.19. The van der Waals surface area contributed by atoms with Crippen LogP contribution in [-0.4, -0.2) is 47.8 Å². The Morgan fingerprint density at radius 2 is 2.00 bits per heavy atom. The van der Waals surface area contributed by atoms with Gasteiger partial charge in [-0.05, 0) is 38.2 Å². The quantitative estimate of drug-likeness (QED) is 0.423. The summed E-state index contributed by atoms with van der Waals surface area (Å²) in [5.74, 6) is 1.07. The summed E-state index contributed by atoms with van der Waals surface area (Å²) in [4.78, 5) is 26.6. The third-order valence-corrected chi connectivity index (χ3v) is 5.75. The van der Waals surface area contributed by atoms with E-state index < -0.39 is 0 Å². The Labute approximate surface area is 154 Å². The Morgan fingerprint density at radius 3 is 2.68 bits per heavy atom. The number of rotatable bonds is 5. The van der Waals surface area contributed by atoms with Gasteiger partial charge < -0.3 is 9.80 Å². The van der Waals surface area contributed by atoms with Gasteiger partial charge in [-0.15, -0.1) is 0 Å². The molecule has 25 heavy (non-hydrogen) atoms. The van der Waals surface area contributed by atoms with Gasteiger partial charge in [0.15, 0.2) is 5.84 Å². The Hall–Kier alpha value is -1.31. The van der Waals surface area contributed by atoms with E-state index in [4.69, 9.17) is 14.2 Å². The molecule has 3 aliphatic rings. The molecule has 2 heterocycles. The van der Waals surface area contributed by atoms with E-state index in [0.717, 1.165) is 60.7 Å². The minimum Gasteiger partial charge on any atom is -0.340 e. The molecule has 1 atom stereocenters. The standard InChI is InChI=1S/C18H27N3O3S/c1-4-14-18(22)20(2)15-11-7-8-12-16(25-24-23-3)19-17(15)21(14)13-9-5-6-10-13/h11-14H,4-10H2,1-3H3. The van der Waals surface area contributed by atoms with E-state index in [1.165, 1.54) is 20.0 Å². The molecule has 2 fully saturated rings. The number of carbonyl (C=O) groups excluding carboxylic acids is 1. The van der Waals surface area contributed by atoms with Gasteiger partial charge in [-0.3, -0.25) is 4.79 Å². The topological polar surface area (TPSA) is 54.4 Å². The van der Waals surface area contributed by atoms with Gasteiger partial charge in [0.1, 0.15) is 11.1 Å². The fraction of sp³-hybridized carbons (Fsp3) is 0.667. The van der Waals surface area contributed by atoms with Gasteiger partial charge in [-0.1, -0.05) is 25.8 Å². The first-order valence-electron chi connectivity index (χ1n) is 9.10. The van der Waals surface area contributed by atoms with Crippen molar-refractivity contribution < 1.29 is 14.0 Å². The lowest BCUT2D eigenvalue weighted by atomic mass is 10.0. The number of hydrogen-bond acceptors (Lipinski definition) is 6. The van der Waals surface area contributed by atoms with E-state index in [2.05, 4.69) is 24.0 Å². The van der Waals surface area contributed by atoms with Gasteiger partial charge in [-0.25, -0.2) is 9.88 Å². The summed E-state index contributed by atoms with van der Waals surface area (Å²) in [7, 11) is 3.35. The zero-order valence-electron chi connectivity index (χ0n) is 15.2. The lowest BCUT2D eigenvalue weighted by Gasteiger charge is -2.45. The summed E-state index contributed by atoms with van der Waals surface area (Å²) in [5, 5.41) is 0.781. The van der Waals surface area contributed by atoms with Crippen LogP contribution in [0.2, 0.25) is 0 Å². The third-order valence-electron chi connectivity index (χ3n) is 5.12. The van der Waals surface area contributed by atoms with Gasteiger partial charge in [-0.2, -0.15) is 4.33 Å². The Balaban J connectivity index is 2.03. The van der Waals surface area contributed by atoms with Gasteiger partial charge in [0, 0.05) is 13.1 Å². The van der Waals surface area contributed by atoms with Crippen LogP contribution in [0.15, 0.2) is 27.9 Å². The molecule has 0 aromatic carbocycles. The number of hydrogen-bond donors (Lipinski definition) is 0. The van der Waals surface area contributed by atoms with Crippen molar-refractivity contribution in [1.29, 1.82) is 0 Å². The van der Waals surface area contributed by atoms with Crippen LogP contribution in [0.5, 0.6) is 0 Å². The molecule has 0 radical (unpaired) electrons. The van der Waals surface area contributed by atoms with Gasteiger partial charge >= 0.3 is 0 Å². The summed E-state index contributed by atoms with van der Waals surface area (Å²) >= 11 is 1.13. The highest BCUT2D eigenvalue weighted by molar-refractivity contribution is 7.98. The maximum atomic E-state index is 13.0. The number of amidine groups is 1. The normalized spacial score (nSPS) is 25.2. The number of likely N-dealkylation sites (N-methyl/N-ethyl adjacent to an activating group) is 1. The zero-order valence-corrected chi connectivity index (χ0v) is 16.1. The molecule has 2 aliphatic heterocycles. The molecule has 0 aromatic heterocycles. The van der Waals surface area contributed by atoms with E-state index in [9.17, 15) is 4.79 Å². The second-order valence-corrected chi connectivity index (χ2v) is 7.35. The molecule has 3 rings (SSSR count). The maximum absolute atomic E-state index is 13.0. The molecule has 1 unspecified atom stereocenters. The fourth-order valence-electron chi connectivity index (χ4n) is 3.91. The highest BCUT2D eigenvalue weighted by Crippen LogP contribution is 2.34. The van der Waals surface area contributed by atoms with Gasteiger partial charge in [0.05, 0.1) is 24.8 Å². The van der Waals surface area contributed by atoms with Crippen molar-refractivity contribution in [2.75, 3.05) is 14.2 Å². The zero-order chi connectivity index (χ0) is 17.8. The molecule has 7 heteroatoms. The summed E-state index contributed by atoms with van der Waals surface area (Å²) in [6, 6.07) is 0.247. The second-order valence-electron chi connectivity index (χ2n) is 6.63. The van der Waals surface area contributed by atoms with Gasteiger partial charge in [0.25, 0.3) is 0 Å². The number of piperazine rings is 1. The van der Waals surface area contributed by atoms with E-state index in [-0.39, 0.29) is 11.9 Å². The van der Waals surface area contributed by atoms with E-state index >= 15 is 0 Å². The minimum absolute atomic E-state index is 0.141. The van der Waals surface area contributed by atoms with Crippen molar-refractivity contribution in [2.45, 2.75) is 64.0 Å². The molecule has 1 saturated heterocycles. The molecule has 1 saturated carbocycles. The van der Waals surface area contributed by atoms with Crippen molar-refractivity contribution in [3.05, 3.63) is 22.9 Å². The maximum Gasteiger partial charge on any atom is 0.249 e. The predicted molar refractivity (Wildman–Crippen MR) is 99.5 cm³/mol. The third kappa shape index (κ3) is 3.78. The van der Waals surface area contributed by atoms with Crippen molar-refractivity contribution >= 4 is 23.8 Å². The van der Waals surface area contributed by atoms with Crippen LogP contribution >= 0.6 is 12.0 Å². The molecule has 0 spiro atoms. The lowest BCUT2D eigenvalue weighted by molar-refractivity contribution is -0.159. The van der Waals surface area contributed by atoms with Crippen molar-refractivity contribution in [3.8, 4) is 0 Å². The van der Waals surface area contributed by atoms with Crippen molar-refractivity contribution in [3.63, 3.8) is 0 Å². The van der Waals surface area contributed by atoms with Crippen LogP contribution in [0, 0.1) is 0 Å². The number of amides is 1. The van der Waals surface area contributed by atoms with Crippen LogP contribution in [0.25, 0.3) is 0 Å². The first-order valence-corrected chi connectivity index (χ1v) is 9.84. The molecular formula is C18H27N3O3S.